The number of allylic oxidation sites excluding steroid dienone is 2. The van der Waals surface area contributed by atoms with Crippen molar-refractivity contribution in [3.8, 4) is 0 Å². The first-order valence-corrected chi connectivity index (χ1v) is 10.2. The maximum atomic E-state index is 11.3. The van der Waals surface area contributed by atoms with Crippen molar-refractivity contribution in [3.05, 3.63) is 65.0 Å². The van der Waals surface area contributed by atoms with E-state index in [2.05, 4.69) is 30.1 Å². The average Bonchev–Trinajstić information content (AvgIpc) is 3.04. The molecule has 0 bridgehead atoms. The number of nitrogens with zero attached hydrogens (tertiary/aromatic N) is 1. The topological polar surface area (TPSA) is 76.2 Å². The molecule has 144 valence electrons. The van der Waals surface area contributed by atoms with Gasteiger partial charge in [-0.2, -0.15) is 0 Å². The number of aromatic nitrogens is 1. The van der Waals surface area contributed by atoms with Crippen molar-refractivity contribution in [1.29, 1.82) is 0 Å². The van der Waals surface area contributed by atoms with Crippen molar-refractivity contribution in [2.75, 3.05) is 5.73 Å². The van der Waals surface area contributed by atoms with Crippen LogP contribution in [0.1, 0.15) is 65.6 Å². The van der Waals surface area contributed by atoms with Gasteiger partial charge in [0, 0.05) is 12.4 Å². The third kappa shape index (κ3) is 2.50. The lowest BCUT2D eigenvalue weighted by molar-refractivity contribution is 0.0696. The number of aryl methyl sites for hydroxylation is 1. The van der Waals surface area contributed by atoms with E-state index < -0.39 is 5.97 Å². The number of carbonyl (C=O) groups is 1. The van der Waals surface area contributed by atoms with Crippen LogP contribution in [0.25, 0.3) is 5.57 Å². The van der Waals surface area contributed by atoms with Gasteiger partial charge in [-0.1, -0.05) is 19.1 Å². The van der Waals surface area contributed by atoms with Crippen LogP contribution in [0, 0.1) is 17.3 Å². The highest BCUT2D eigenvalue weighted by atomic mass is 16.4. The van der Waals surface area contributed by atoms with Gasteiger partial charge in [0.25, 0.3) is 0 Å². The van der Waals surface area contributed by atoms with Gasteiger partial charge >= 0.3 is 5.97 Å². The molecule has 0 amide bonds. The van der Waals surface area contributed by atoms with Crippen molar-refractivity contribution in [1.82, 2.24) is 4.98 Å². The molecule has 0 saturated heterocycles. The normalized spacial score (nSPS) is 30.8. The predicted octanol–water partition coefficient (Wildman–Crippen LogP) is 4.91. The number of carboxylic acid groups (broad SMARTS) is 1. The highest BCUT2D eigenvalue weighted by Gasteiger charge is 2.51. The van der Waals surface area contributed by atoms with Gasteiger partial charge in [0.1, 0.15) is 0 Å². The molecule has 4 atom stereocenters. The van der Waals surface area contributed by atoms with Crippen molar-refractivity contribution >= 4 is 17.2 Å². The Hall–Kier alpha value is -2.62. The van der Waals surface area contributed by atoms with Crippen LogP contribution in [0.5, 0.6) is 0 Å². The fraction of sp³-hybridized carbons (Fsp3) is 0.417. The Balaban J connectivity index is 1.47. The predicted molar refractivity (Wildman–Crippen MR) is 110 cm³/mol. The van der Waals surface area contributed by atoms with E-state index in [1.165, 1.54) is 22.3 Å². The molecule has 0 aliphatic heterocycles. The summed E-state index contributed by atoms with van der Waals surface area (Å²) in [5.74, 6) is 1.01. The summed E-state index contributed by atoms with van der Waals surface area (Å²) in [6.45, 7) is 2.43. The summed E-state index contributed by atoms with van der Waals surface area (Å²) >= 11 is 0. The monoisotopic (exact) mass is 374 g/mol. The molecular formula is C24H26N2O2. The number of benzene rings is 1. The van der Waals surface area contributed by atoms with Gasteiger partial charge in [-0.3, -0.25) is 4.98 Å². The molecule has 28 heavy (non-hydrogen) atoms. The van der Waals surface area contributed by atoms with Crippen LogP contribution in [0.2, 0.25) is 0 Å². The summed E-state index contributed by atoms with van der Waals surface area (Å²) in [5.41, 5.74) is 12.5. The SMILES string of the molecule is C[C@]12CC[C@@H]3c4ccc(C(=O)O)cc4CC[C@H]3[C@@H]1CC=C2c1cncc(N)c1. The van der Waals surface area contributed by atoms with Crippen LogP contribution in [-0.4, -0.2) is 16.1 Å². The van der Waals surface area contributed by atoms with E-state index in [4.69, 9.17) is 5.73 Å². The molecule has 3 N–H and O–H groups in total. The molecule has 3 aliphatic carbocycles. The molecule has 4 heteroatoms. The molecule has 5 rings (SSSR count). The minimum atomic E-state index is -0.832. The zero-order valence-corrected chi connectivity index (χ0v) is 16.2. The van der Waals surface area contributed by atoms with Gasteiger partial charge in [0.15, 0.2) is 0 Å². The maximum absolute atomic E-state index is 11.3. The van der Waals surface area contributed by atoms with Crippen LogP contribution in [0.3, 0.4) is 0 Å². The number of nitrogen functional groups attached to an aromatic ring is 1. The summed E-state index contributed by atoms with van der Waals surface area (Å²) in [6.07, 6.45) is 11.6. The van der Waals surface area contributed by atoms with E-state index in [0.717, 1.165) is 37.8 Å². The van der Waals surface area contributed by atoms with Crippen molar-refractivity contribution in [2.45, 2.75) is 44.9 Å². The number of hydrogen-bond acceptors (Lipinski definition) is 3. The second-order valence-corrected chi connectivity index (χ2v) is 8.95. The lowest BCUT2D eigenvalue weighted by atomic mass is 9.54. The molecule has 0 radical (unpaired) electrons. The molecule has 1 fully saturated rings. The van der Waals surface area contributed by atoms with Crippen LogP contribution in [-0.2, 0) is 6.42 Å². The first kappa shape index (κ1) is 17.5. The molecule has 2 aromatic rings. The molecule has 3 aliphatic rings. The summed E-state index contributed by atoms with van der Waals surface area (Å²) in [6, 6.07) is 7.83. The maximum Gasteiger partial charge on any atom is 0.335 e. The van der Waals surface area contributed by atoms with Crippen molar-refractivity contribution in [2.24, 2.45) is 17.3 Å². The van der Waals surface area contributed by atoms with Gasteiger partial charge in [0.05, 0.1) is 11.3 Å². The number of anilines is 1. The summed E-state index contributed by atoms with van der Waals surface area (Å²) in [5, 5.41) is 9.31. The van der Waals surface area contributed by atoms with Crippen molar-refractivity contribution < 1.29 is 9.90 Å². The second kappa shape index (κ2) is 6.20. The highest BCUT2D eigenvalue weighted by Crippen LogP contribution is 2.63. The Bertz CT molecular complexity index is 996. The Morgan fingerprint density at radius 3 is 2.89 bits per heavy atom. The standard InChI is InChI=1S/C24H26N2O2/c1-24-9-8-19-18-4-3-15(23(27)28)10-14(18)2-5-20(19)22(24)7-6-21(24)16-11-17(25)13-26-12-16/h3-4,6,10-13,19-20,22H,2,5,7-9,25H2,1H3,(H,27,28)/t19-,20-,22+,24-/m1/s1. The number of pyridine rings is 1. The summed E-state index contributed by atoms with van der Waals surface area (Å²) in [7, 11) is 0. The van der Waals surface area contributed by atoms with E-state index in [1.54, 1.807) is 12.3 Å². The van der Waals surface area contributed by atoms with E-state index in [9.17, 15) is 9.90 Å². The number of carboxylic acids is 1. The van der Waals surface area contributed by atoms with Gasteiger partial charge < -0.3 is 10.8 Å². The molecule has 1 aromatic heterocycles. The minimum absolute atomic E-state index is 0.176. The Morgan fingerprint density at radius 1 is 1.25 bits per heavy atom. The quantitative estimate of drug-likeness (QED) is 0.783. The molecule has 1 heterocycles. The second-order valence-electron chi connectivity index (χ2n) is 8.95. The smallest absolute Gasteiger partial charge is 0.335 e. The van der Waals surface area contributed by atoms with Gasteiger partial charge in [-0.25, -0.2) is 4.79 Å². The number of hydrogen-bond donors (Lipinski definition) is 2. The molecule has 4 nitrogen and oxygen atoms in total. The van der Waals surface area contributed by atoms with Crippen LogP contribution in [0.4, 0.5) is 5.69 Å². The highest BCUT2D eigenvalue weighted by molar-refractivity contribution is 5.88. The zero-order valence-electron chi connectivity index (χ0n) is 16.2. The lowest BCUT2D eigenvalue weighted by Crippen LogP contribution is -2.41. The molecular weight excluding hydrogens is 348 g/mol. The van der Waals surface area contributed by atoms with Gasteiger partial charge in [0.2, 0.25) is 0 Å². The Kier molecular flexibility index (Phi) is 3.87. The third-order valence-electron chi connectivity index (χ3n) is 7.62. The first-order valence-electron chi connectivity index (χ1n) is 10.2. The summed E-state index contributed by atoms with van der Waals surface area (Å²) in [4.78, 5) is 15.7. The number of aromatic carboxylic acids is 1. The number of fused-ring (bicyclic) bond motifs is 5. The number of rotatable bonds is 2. The largest absolute Gasteiger partial charge is 0.478 e. The third-order valence-corrected chi connectivity index (χ3v) is 7.62. The van der Waals surface area contributed by atoms with Crippen LogP contribution < -0.4 is 5.73 Å². The van der Waals surface area contributed by atoms with E-state index in [1.807, 2.05) is 12.3 Å². The lowest BCUT2D eigenvalue weighted by Gasteiger charge is -2.50. The molecule has 0 unspecified atom stereocenters. The van der Waals surface area contributed by atoms with E-state index in [-0.39, 0.29) is 5.41 Å². The Labute approximate surface area is 165 Å². The van der Waals surface area contributed by atoms with E-state index in [0.29, 0.717) is 23.3 Å². The minimum Gasteiger partial charge on any atom is -0.478 e. The van der Waals surface area contributed by atoms with E-state index >= 15 is 0 Å². The van der Waals surface area contributed by atoms with Crippen LogP contribution in [0.15, 0.2) is 42.7 Å². The van der Waals surface area contributed by atoms with Gasteiger partial charge in [-0.05, 0) is 95.7 Å². The summed E-state index contributed by atoms with van der Waals surface area (Å²) < 4.78 is 0. The first-order chi connectivity index (χ1) is 13.5. The molecule has 1 saturated carbocycles. The zero-order chi connectivity index (χ0) is 19.5. The van der Waals surface area contributed by atoms with Crippen LogP contribution >= 0.6 is 0 Å². The number of nitrogens with two attached hydrogens (primary N) is 1. The Morgan fingerprint density at radius 2 is 2.11 bits per heavy atom. The average molecular weight is 374 g/mol. The van der Waals surface area contributed by atoms with Gasteiger partial charge in [-0.15, -0.1) is 0 Å². The molecule has 1 aromatic carbocycles. The fourth-order valence-electron chi connectivity index (χ4n) is 6.34. The van der Waals surface area contributed by atoms with Crippen molar-refractivity contribution in [3.63, 3.8) is 0 Å². The molecule has 0 spiro atoms. The fourth-order valence-corrected chi connectivity index (χ4v) is 6.34.